The van der Waals surface area contributed by atoms with E-state index in [0.717, 1.165) is 11.8 Å². The van der Waals surface area contributed by atoms with E-state index >= 15 is 0 Å². The molecule has 0 amide bonds. The number of unbranched alkanes of at least 4 members (excludes halogenated alkanes) is 3. The van der Waals surface area contributed by atoms with E-state index in [4.69, 9.17) is 4.99 Å². The van der Waals surface area contributed by atoms with Gasteiger partial charge in [-0.2, -0.15) is 11.2 Å². The van der Waals surface area contributed by atoms with Crippen LogP contribution in [-0.2, 0) is 0 Å². The molecule has 0 saturated heterocycles. The Labute approximate surface area is 119 Å². The Hall–Kier alpha value is 0.237. The number of hydrogen-bond acceptors (Lipinski definition) is 2. The summed E-state index contributed by atoms with van der Waals surface area (Å²) in [6, 6.07) is 0. The van der Waals surface area contributed by atoms with E-state index in [0.29, 0.717) is 0 Å². The minimum atomic E-state index is -1.01. The van der Waals surface area contributed by atoms with Crippen molar-refractivity contribution in [2.45, 2.75) is 83.2 Å². The molecule has 1 nitrogen and oxygen atoms in total. The molecule has 3 heteroatoms. The minimum absolute atomic E-state index is 0.761. The zero-order valence-electron chi connectivity index (χ0n) is 12.8. The standard InChI is InChI=1S/C15H31NSSi/c1-5-6-7-10-13-16-14-11-8-9-12-15(14)17-18(2,3)4/h15H,5-13H2,1-4H3. The van der Waals surface area contributed by atoms with Crippen molar-refractivity contribution in [3.05, 3.63) is 0 Å². The molecule has 1 atom stereocenters. The summed E-state index contributed by atoms with van der Waals surface area (Å²) in [6.45, 7) is 10.7. The summed E-state index contributed by atoms with van der Waals surface area (Å²) < 4.78 is 0. The highest BCUT2D eigenvalue weighted by Crippen LogP contribution is 2.33. The third-order valence-corrected chi connectivity index (χ3v) is 7.82. The first-order valence-electron chi connectivity index (χ1n) is 7.74. The maximum Gasteiger partial charge on any atom is 0.109 e. The summed E-state index contributed by atoms with van der Waals surface area (Å²) in [5, 5.41) is 0.761. The van der Waals surface area contributed by atoms with Crippen molar-refractivity contribution in [2.75, 3.05) is 6.54 Å². The van der Waals surface area contributed by atoms with Crippen molar-refractivity contribution in [3.63, 3.8) is 0 Å². The second-order valence-corrected chi connectivity index (χ2v) is 15.8. The molecule has 0 spiro atoms. The first-order valence-corrected chi connectivity index (χ1v) is 12.8. The molecule has 0 aliphatic heterocycles. The summed E-state index contributed by atoms with van der Waals surface area (Å²) in [5.74, 6) is 0. The molecule has 0 N–H and O–H groups in total. The largest absolute Gasteiger partial charge is 0.293 e. The van der Waals surface area contributed by atoms with E-state index in [-0.39, 0.29) is 0 Å². The van der Waals surface area contributed by atoms with Gasteiger partial charge in [0.05, 0.1) is 0 Å². The number of hydrogen-bond donors (Lipinski definition) is 0. The predicted octanol–water partition coefficient (Wildman–Crippen LogP) is 5.52. The Morgan fingerprint density at radius 3 is 2.61 bits per heavy atom. The van der Waals surface area contributed by atoms with E-state index in [9.17, 15) is 0 Å². The smallest absolute Gasteiger partial charge is 0.109 e. The molecule has 1 saturated carbocycles. The Bertz CT molecular complexity index is 258. The van der Waals surface area contributed by atoms with Crippen LogP contribution >= 0.6 is 11.2 Å². The third-order valence-electron chi connectivity index (χ3n) is 3.34. The lowest BCUT2D eigenvalue weighted by Gasteiger charge is -2.29. The van der Waals surface area contributed by atoms with Gasteiger partial charge in [0.2, 0.25) is 0 Å². The molecule has 0 bridgehead atoms. The Morgan fingerprint density at radius 1 is 1.17 bits per heavy atom. The molecular formula is C15H31NSSi. The maximum absolute atomic E-state index is 4.94. The molecule has 0 aromatic heterocycles. The van der Waals surface area contributed by atoms with Crippen LogP contribution < -0.4 is 0 Å². The van der Waals surface area contributed by atoms with Gasteiger partial charge in [0.15, 0.2) is 0 Å². The van der Waals surface area contributed by atoms with Crippen LogP contribution in [0.1, 0.15) is 58.3 Å². The van der Waals surface area contributed by atoms with Crippen molar-refractivity contribution in [1.29, 1.82) is 0 Å². The average Bonchev–Trinajstić information content (AvgIpc) is 2.29. The van der Waals surface area contributed by atoms with Crippen LogP contribution in [0.4, 0.5) is 0 Å². The molecule has 0 aromatic carbocycles. The summed E-state index contributed by atoms with van der Waals surface area (Å²) in [6.07, 6.45) is 10.8. The molecule has 1 rings (SSSR count). The van der Waals surface area contributed by atoms with E-state index in [1.807, 2.05) is 0 Å². The van der Waals surface area contributed by atoms with Gasteiger partial charge in [0.1, 0.15) is 7.22 Å². The Kier molecular flexibility index (Phi) is 7.62. The number of rotatable bonds is 7. The number of nitrogens with zero attached hydrogens (tertiary/aromatic N) is 1. The van der Waals surface area contributed by atoms with Gasteiger partial charge in [0, 0.05) is 17.5 Å². The lowest BCUT2D eigenvalue weighted by Crippen LogP contribution is -2.29. The van der Waals surface area contributed by atoms with E-state index in [2.05, 4.69) is 37.8 Å². The summed E-state index contributed by atoms with van der Waals surface area (Å²) in [7, 11) is -1.01. The van der Waals surface area contributed by atoms with Crippen LogP contribution in [0.15, 0.2) is 4.99 Å². The van der Waals surface area contributed by atoms with Crippen molar-refractivity contribution < 1.29 is 0 Å². The molecule has 0 radical (unpaired) electrons. The zero-order valence-corrected chi connectivity index (χ0v) is 14.6. The van der Waals surface area contributed by atoms with Crippen LogP contribution in [0.5, 0.6) is 0 Å². The Balaban J connectivity index is 2.41. The predicted molar refractivity (Wildman–Crippen MR) is 89.6 cm³/mol. The fraction of sp³-hybridized carbons (Fsp3) is 0.933. The highest BCUT2D eigenvalue weighted by Gasteiger charge is 2.26. The van der Waals surface area contributed by atoms with Crippen LogP contribution in [0, 0.1) is 0 Å². The third kappa shape index (κ3) is 6.98. The van der Waals surface area contributed by atoms with Crippen molar-refractivity contribution in [1.82, 2.24) is 0 Å². The molecule has 0 aromatic rings. The topological polar surface area (TPSA) is 12.4 Å². The van der Waals surface area contributed by atoms with Crippen LogP contribution in [-0.4, -0.2) is 24.7 Å². The first kappa shape index (κ1) is 16.3. The highest BCUT2D eigenvalue weighted by molar-refractivity contribution is 8.29. The molecule has 18 heavy (non-hydrogen) atoms. The summed E-state index contributed by atoms with van der Waals surface area (Å²) >= 11 is 2.26. The van der Waals surface area contributed by atoms with E-state index in [1.54, 1.807) is 5.71 Å². The quantitative estimate of drug-likeness (QED) is 0.443. The van der Waals surface area contributed by atoms with Gasteiger partial charge in [-0.15, -0.1) is 0 Å². The molecule has 1 aliphatic carbocycles. The van der Waals surface area contributed by atoms with Crippen molar-refractivity contribution in [2.24, 2.45) is 4.99 Å². The molecule has 1 aliphatic rings. The fourth-order valence-corrected chi connectivity index (χ4v) is 7.25. The average molecular weight is 286 g/mol. The second kappa shape index (κ2) is 8.42. The molecule has 0 heterocycles. The highest BCUT2D eigenvalue weighted by atomic mass is 32.4. The van der Waals surface area contributed by atoms with E-state index in [1.165, 1.54) is 51.4 Å². The Morgan fingerprint density at radius 2 is 1.94 bits per heavy atom. The van der Waals surface area contributed by atoms with Gasteiger partial charge in [0.25, 0.3) is 0 Å². The van der Waals surface area contributed by atoms with Crippen LogP contribution in [0.3, 0.4) is 0 Å². The number of aliphatic imine (C=N–C) groups is 1. The SMILES string of the molecule is CCCCCCN=C1CCCCC1S[Si](C)(C)C. The van der Waals surface area contributed by atoms with Gasteiger partial charge >= 0.3 is 0 Å². The van der Waals surface area contributed by atoms with Gasteiger partial charge in [-0.25, -0.2) is 0 Å². The van der Waals surface area contributed by atoms with Crippen molar-refractivity contribution in [3.8, 4) is 0 Å². The molecule has 1 fully saturated rings. The van der Waals surface area contributed by atoms with Crippen LogP contribution in [0.2, 0.25) is 19.6 Å². The monoisotopic (exact) mass is 285 g/mol. The van der Waals surface area contributed by atoms with Gasteiger partial charge < -0.3 is 0 Å². The fourth-order valence-electron chi connectivity index (χ4n) is 2.46. The maximum atomic E-state index is 4.94. The summed E-state index contributed by atoms with van der Waals surface area (Å²) in [5.41, 5.74) is 1.55. The molecular weight excluding hydrogens is 254 g/mol. The van der Waals surface area contributed by atoms with Gasteiger partial charge in [-0.05, 0) is 25.7 Å². The van der Waals surface area contributed by atoms with E-state index < -0.39 is 7.22 Å². The second-order valence-electron chi connectivity index (χ2n) is 6.40. The van der Waals surface area contributed by atoms with Gasteiger partial charge in [-0.1, -0.05) is 52.2 Å². The lowest BCUT2D eigenvalue weighted by atomic mass is 9.98. The normalized spacial score (nSPS) is 23.6. The minimum Gasteiger partial charge on any atom is -0.293 e. The van der Waals surface area contributed by atoms with Crippen molar-refractivity contribution >= 4 is 24.1 Å². The zero-order chi connectivity index (χ0) is 13.4. The molecule has 1 unspecified atom stereocenters. The first-order chi connectivity index (χ1) is 8.53. The van der Waals surface area contributed by atoms with Crippen LogP contribution in [0.25, 0.3) is 0 Å². The van der Waals surface area contributed by atoms with Gasteiger partial charge in [-0.3, -0.25) is 4.99 Å². The lowest BCUT2D eigenvalue weighted by molar-refractivity contribution is 0.654. The summed E-state index contributed by atoms with van der Waals surface area (Å²) in [4.78, 5) is 4.94. The molecule has 106 valence electrons.